The lowest BCUT2D eigenvalue weighted by molar-refractivity contribution is -0.187. The van der Waals surface area contributed by atoms with Gasteiger partial charge in [-0.3, -0.25) is 9.59 Å². The molecule has 0 heterocycles. The van der Waals surface area contributed by atoms with Crippen LogP contribution in [-0.4, -0.2) is 45.2 Å². The monoisotopic (exact) mass is 376 g/mol. The molecule has 3 fully saturated rings. The molecular formula is C22H32O5. The highest BCUT2D eigenvalue weighted by molar-refractivity contribution is 5.92. The molecule has 5 heteroatoms. The van der Waals surface area contributed by atoms with Crippen molar-refractivity contribution in [3.05, 3.63) is 11.6 Å². The maximum Gasteiger partial charge on any atom is 0.190 e. The molecule has 4 aliphatic carbocycles. The highest BCUT2D eigenvalue weighted by atomic mass is 16.3. The van der Waals surface area contributed by atoms with Gasteiger partial charge in [-0.1, -0.05) is 26.3 Å². The van der Waals surface area contributed by atoms with Gasteiger partial charge in [0.2, 0.25) is 0 Å². The van der Waals surface area contributed by atoms with Gasteiger partial charge >= 0.3 is 0 Å². The van der Waals surface area contributed by atoms with Crippen LogP contribution < -0.4 is 0 Å². The second-order valence-corrected chi connectivity index (χ2v) is 10.1. The molecular weight excluding hydrogens is 344 g/mol. The van der Waals surface area contributed by atoms with Crippen molar-refractivity contribution in [1.82, 2.24) is 0 Å². The fourth-order valence-corrected chi connectivity index (χ4v) is 7.74. The van der Waals surface area contributed by atoms with Gasteiger partial charge in [0.15, 0.2) is 11.6 Å². The number of rotatable bonds is 2. The molecule has 3 saturated carbocycles. The van der Waals surface area contributed by atoms with Gasteiger partial charge < -0.3 is 15.3 Å². The number of allylic oxidation sites excluding steroid dienone is 1. The van der Waals surface area contributed by atoms with Crippen molar-refractivity contribution in [3.63, 3.8) is 0 Å². The van der Waals surface area contributed by atoms with Crippen LogP contribution >= 0.6 is 0 Å². The molecule has 0 aliphatic heterocycles. The topological polar surface area (TPSA) is 94.8 Å². The van der Waals surface area contributed by atoms with Gasteiger partial charge in [-0.2, -0.15) is 0 Å². The average molecular weight is 376 g/mol. The molecule has 0 aromatic carbocycles. The van der Waals surface area contributed by atoms with Crippen LogP contribution in [0.15, 0.2) is 11.6 Å². The molecule has 0 amide bonds. The molecule has 0 aromatic heterocycles. The minimum Gasteiger partial charge on any atom is -0.393 e. The van der Waals surface area contributed by atoms with E-state index in [4.69, 9.17) is 0 Å². The highest BCUT2D eigenvalue weighted by Gasteiger charge is 2.70. The molecule has 5 nitrogen and oxygen atoms in total. The summed E-state index contributed by atoms with van der Waals surface area (Å²) in [6, 6.07) is 0. The largest absolute Gasteiger partial charge is 0.393 e. The Morgan fingerprint density at radius 1 is 1.30 bits per heavy atom. The number of fused-ring (bicyclic) bond motifs is 5. The first-order chi connectivity index (χ1) is 12.6. The number of carbonyl (C=O) groups excluding carboxylic acids is 2. The molecule has 4 aliphatic rings. The predicted molar refractivity (Wildman–Crippen MR) is 99.7 cm³/mol. The molecule has 0 radical (unpaired) electrons. The Morgan fingerprint density at radius 3 is 2.67 bits per heavy atom. The van der Waals surface area contributed by atoms with Gasteiger partial charge in [0.05, 0.1) is 6.10 Å². The summed E-state index contributed by atoms with van der Waals surface area (Å²) in [4.78, 5) is 24.5. The Kier molecular flexibility index (Phi) is 4.27. The summed E-state index contributed by atoms with van der Waals surface area (Å²) in [5.41, 5.74) is -1.31. The molecule has 0 spiro atoms. The molecule has 4 rings (SSSR count). The summed E-state index contributed by atoms with van der Waals surface area (Å²) in [5, 5.41) is 32.2. The third kappa shape index (κ3) is 2.28. The van der Waals surface area contributed by atoms with Crippen LogP contribution in [0.4, 0.5) is 0 Å². The van der Waals surface area contributed by atoms with Crippen molar-refractivity contribution in [2.45, 2.75) is 71.0 Å². The van der Waals surface area contributed by atoms with Gasteiger partial charge in [0.1, 0.15) is 12.2 Å². The number of carbonyl (C=O) groups is 2. The quantitative estimate of drug-likeness (QED) is 0.685. The van der Waals surface area contributed by atoms with E-state index in [9.17, 15) is 24.9 Å². The zero-order chi connectivity index (χ0) is 19.8. The molecule has 3 N–H and O–H groups in total. The van der Waals surface area contributed by atoms with Gasteiger partial charge in [-0.15, -0.1) is 0 Å². The maximum absolute atomic E-state index is 12.6. The van der Waals surface area contributed by atoms with Crippen LogP contribution in [0.2, 0.25) is 0 Å². The van der Waals surface area contributed by atoms with Gasteiger partial charge in [0.25, 0.3) is 0 Å². The van der Waals surface area contributed by atoms with E-state index in [-0.39, 0.29) is 34.9 Å². The summed E-state index contributed by atoms with van der Waals surface area (Å²) < 4.78 is 0. The van der Waals surface area contributed by atoms with E-state index in [1.807, 2.05) is 19.9 Å². The predicted octanol–water partition coefficient (Wildman–Crippen LogP) is 2.03. The lowest BCUT2D eigenvalue weighted by Gasteiger charge is -2.60. The van der Waals surface area contributed by atoms with Crippen molar-refractivity contribution >= 4 is 11.6 Å². The van der Waals surface area contributed by atoms with E-state index in [0.717, 1.165) is 25.7 Å². The fraction of sp³-hybridized carbons (Fsp3) is 0.818. The van der Waals surface area contributed by atoms with Gasteiger partial charge in [-0.25, -0.2) is 0 Å². The minimum absolute atomic E-state index is 0.0578. The number of aliphatic hydroxyl groups excluding tert-OH is 2. The number of ketones is 2. The smallest absolute Gasteiger partial charge is 0.190 e. The SMILES string of the molecule is C[C@@H]1CC2C3CCC4=CC(=O)CC[C@]4(C)C3[C@@H](O)C[C@]2(C)[C@@]1(O)C(=O)CO. The number of aliphatic hydroxyl groups is 3. The first-order valence-corrected chi connectivity index (χ1v) is 10.4. The maximum atomic E-state index is 12.6. The van der Waals surface area contributed by atoms with E-state index in [1.165, 1.54) is 5.57 Å². The lowest BCUT2D eigenvalue weighted by atomic mass is 9.45. The minimum atomic E-state index is -1.59. The number of Topliss-reactive ketones (excluding diaryl/α,β-unsaturated/α-hetero) is 1. The van der Waals surface area contributed by atoms with E-state index in [2.05, 4.69) is 6.92 Å². The van der Waals surface area contributed by atoms with Crippen LogP contribution in [0.1, 0.15) is 59.3 Å². The second kappa shape index (κ2) is 5.98. The molecule has 0 aromatic rings. The van der Waals surface area contributed by atoms with E-state index >= 15 is 0 Å². The lowest BCUT2D eigenvalue weighted by Crippen LogP contribution is -2.63. The Bertz CT molecular complexity index is 713. The number of hydrogen-bond acceptors (Lipinski definition) is 5. The van der Waals surface area contributed by atoms with Gasteiger partial charge in [0, 0.05) is 11.8 Å². The van der Waals surface area contributed by atoms with E-state index < -0.39 is 29.5 Å². The summed E-state index contributed by atoms with van der Waals surface area (Å²) in [5.74, 6) is -0.155. The molecule has 0 saturated heterocycles. The summed E-state index contributed by atoms with van der Waals surface area (Å²) in [6.07, 6.45) is 5.32. The van der Waals surface area contributed by atoms with Crippen LogP contribution in [-0.2, 0) is 9.59 Å². The van der Waals surface area contributed by atoms with Crippen LogP contribution in [0, 0.1) is 34.5 Å². The van der Waals surface area contributed by atoms with E-state index in [0.29, 0.717) is 12.8 Å². The number of hydrogen-bond donors (Lipinski definition) is 3. The zero-order valence-corrected chi connectivity index (χ0v) is 16.6. The van der Waals surface area contributed by atoms with Crippen LogP contribution in [0.3, 0.4) is 0 Å². The van der Waals surface area contributed by atoms with Crippen LogP contribution in [0.5, 0.6) is 0 Å². The van der Waals surface area contributed by atoms with Gasteiger partial charge in [-0.05, 0) is 67.3 Å². The Hall–Kier alpha value is -1.04. The summed E-state index contributed by atoms with van der Waals surface area (Å²) in [7, 11) is 0. The standard InChI is InChI=1S/C22H32O5/c1-12-8-16-15-5-4-13-9-14(24)6-7-20(13,2)19(15)17(25)10-21(16,3)22(12,27)18(26)11-23/h9,12,15-17,19,23,25,27H,4-8,10-11H2,1-3H3/t12-,15?,16?,17+,19?,20+,21+,22+/m1/s1. The third-order valence-electron chi connectivity index (χ3n) is 9.05. The third-order valence-corrected chi connectivity index (χ3v) is 9.05. The van der Waals surface area contributed by atoms with E-state index in [1.54, 1.807) is 0 Å². The Balaban J connectivity index is 1.77. The van der Waals surface area contributed by atoms with Crippen molar-refractivity contribution in [2.24, 2.45) is 34.5 Å². The molecule has 150 valence electrons. The van der Waals surface area contributed by atoms with Crippen LogP contribution in [0.25, 0.3) is 0 Å². The molecule has 3 unspecified atom stereocenters. The summed E-state index contributed by atoms with van der Waals surface area (Å²) >= 11 is 0. The highest BCUT2D eigenvalue weighted by Crippen LogP contribution is 2.68. The first-order valence-electron chi connectivity index (χ1n) is 10.4. The van der Waals surface area contributed by atoms with Crippen molar-refractivity contribution in [1.29, 1.82) is 0 Å². The Labute approximate surface area is 160 Å². The molecule has 27 heavy (non-hydrogen) atoms. The second-order valence-electron chi connectivity index (χ2n) is 10.1. The fourth-order valence-electron chi connectivity index (χ4n) is 7.74. The van der Waals surface area contributed by atoms with Crippen molar-refractivity contribution in [3.8, 4) is 0 Å². The first kappa shape index (κ1) is 19.3. The average Bonchev–Trinajstić information content (AvgIpc) is 2.82. The molecule has 8 atom stereocenters. The molecule has 0 bridgehead atoms. The Morgan fingerprint density at radius 2 is 2.00 bits per heavy atom. The zero-order valence-electron chi connectivity index (χ0n) is 16.6. The summed E-state index contributed by atoms with van der Waals surface area (Å²) in [6.45, 7) is 5.36. The van der Waals surface area contributed by atoms with Crippen molar-refractivity contribution in [2.75, 3.05) is 6.61 Å². The normalized spacial score (nSPS) is 51.9. The van der Waals surface area contributed by atoms with Crippen molar-refractivity contribution < 1.29 is 24.9 Å².